The number of carbonyl (C=O) groups is 2. The molecule has 1 aliphatic carbocycles. The molecule has 1 saturated carbocycles. The Morgan fingerprint density at radius 2 is 1.81 bits per heavy atom. The predicted octanol–water partition coefficient (Wildman–Crippen LogP) is 2.10. The molecule has 1 spiro atoms. The zero-order valence-corrected chi connectivity index (χ0v) is 17.0. The van der Waals surface area contributed by atoms with Crippen LogP contribution in [-0.4, -0.2) is 42.1 Å². The van der Waals surface area contributed by atoms with Gasteiger partial charge in [-0.15, -0.1) is 13.2 Å². The number of ether oxygens (including phenoxy) is 1. The molecule has 2 aliphatic rings. The van der Waals surface area contributed by atoms with Crippen LogP contribution >= 0.6 is 0 Å². The van der Waals surface area contributed by atoms with E-state index in [4.69, 9.17) is 5.14 Å². The van der Waals surface area contributed by atoms with Gasteiger partial charge in [0.05, 0.1) is 24.1 Å². The normalized spacial score (nSPS) is 17.8. The van der Waals surface area contributed by atoms with Gasteiger partial charge in [0.1, 0.15) is 11.3 Å². The lowest BCUT2D eigenvalue weighted by molar-refractivity contribution is -0.274. The smallest absolute Gasteiger partial charge is 0.406 e. The summed E-state index contributed by atoms with van der Waals surface area (Å²) in [6.07, 6.45) is -1.47. The fourth-order valence-corrected chi connectivity index (χ4v) is 4.03. The van der Waals surface area contributed by atoms with E-state index in [1.165, 1.54) is 35.5 Å². The maximum Gasteiger partial charge on any atom is 0.573 e. The molecule has 10 nitrogen and oxygen atoms in total. The number of nitrogens with zero attached hydrogens (tertiary/aromatic N) is 3. The molecular formula is C18H16F3N5O5S. The summed E-state index contributed by atoms with van der Waals surface area (Å²) < 4.78 is 65.8. The first-order valence-corrected chi connectivity index (χ1v) is 10.7. The number of rotatable bonds is 6. The second kappa shape index (κ2) is 7.34. The molecule has 2 fully saturated rings. The first kappa shape index (κ1) is 21.8. The zero-order chi connectivity index (χ0) is 23.3. The van der Waals surface area contributed by atoms with E-state index in [0.717, 1.165) is 17.0 Å². The first-order valence-electron chi connectivity index (χ1n) is 9.15. The molecule has 0 bridgehead atoms. The summed E-state index contributed by atoms with van der Waals surface area (Å²) in [5.41, 5.74) is -0.600. The van der Waals surface area contributed by atoms with Crippen LogP contribution in [0.25, 0.3) is 0 Å². The summed E-state index contributed by atoms with van der Waals surface area (Å²) in [6, 6.07) is 5.15. The predicted molar refractivity (Wildman–Crippen MR) is 104 cm³/mol. The molecule has 3 N–H and O–H groups in total. The standard InChI is InChI=1S/C18H16F3N5O5S/c19-18(20,21)31-13-3-1-12(2-4-13)26-15(27)17(6-7-17)25(16(26)28)10-11-5-8-23-9-14(11)24-32(22,29)30/h1-5,8-9,24H,6-7,10H2,(H2,22,29,30). The molecule has 32 heavy (non-hydrogen) atoms. The third-order valence-corrected chi connectivity index (χ3v) is 5.59. The van der Waals surface area contributed by atoms with Crippen molar-refractivity contribution in [2.45, 2.75) is 31.3 Å². The molecule has 14 heteroatoms. The number of nitrogens with one attached hydrogen (secondary N) is 1. The van der Waals surface area contributed by atoms with E-state index in [0.29, 0.717) is 18.4 Å². The van der Waals surface area contributed by atoms with Gasteiger partial charge in [-0.05, 0) is 48.7 Å². The summed E-state index contributed by atoms with van der Waals surface area (Å²) >= 11 is 0. The number of imide groups is 1. The largest absolute Gasteiger partial charge is 0.573 e. The molecule has 2 heterocycles. The van der Waals surface area contributed by atoms with Crippen LogP contribution in [0.4, 0.5) is 29.3 Å². The molecular weight excluding hydrogens is 455 g/mol. The second-order valence-corrected chi connectivity index (χ2v) is 8.56. The SMILES string of the molecule is NS(=O)(=O)Nc1cnccc1CN1C(=O)N(c2ccc(OC(F)(F)F)cc2)C(=O)C12CC2. The van der Waals surface area contributed by atoms with Crippen LogP contribution in [0.5, 0.6) is 5.75 Å². The monoisotopic (exact) mass is 471 g/mol. The van der Waals surface area contributed by atoms with Gasteiger partial charge >= 0.3 is 12.4 Å². The number of carbonyl (C=O) groups excluding carboxylic acids is 2. The summed E-state index contributed by atoms with van der Waals surface area (Å²) in [4.78, 5) is 32.2. The van der Waals surface area contributed by atoms with E-state index in [-0.39, 0.29) is 17.9 Å². The number of urea groups is 1. The number of anilines is 2. The van der Waals surface area contributed by atoms with Crippen molar-refractivity contribution in [3.05, 3.63) is 48.3 Å². The average Bonchev–Trinajstić information content (AvgIpc) is 3.44. The number of alkyl halides is 3. The highest BCUT2D eigenvalue weighted by atomic mass is 32.2. The molecule has 1 aromatic heterocycles. The Labute approximate surface area is 179 Å². The second-order valence-electron chi connectivity index (χ2n) is 7.26. The molecule has 0 atom stereocenters. The zero-order valence-electron chi connectivity index (χ0n) is 16.2. The van der Waals surface area contributed by atoms with Crippen LogP contribution in [0.1, 0.15) is 18.4 Å². The van der Waals surface area contributed by atoms with Gasteiger partial charge in [-0.3, -0.25) is 14.5 Å². The molecule has 3 amide bonds. The summed E-state index contributed by atoms with van der Waals surface area (Å²) in [6.45, 7) is -0.114. The molecule has 1 aliphatic heterocycles. The van der Waals surface area contributed by atoms with Gasteiger partial charge in [0.2, 0.25) is 0 Å². The van der Waals surface area contributed by atoms with Gasteiger partial charge in [0.15, 0.2) is 0 Å². The molecule has 0 unspecified atom stereocenters. The van der Waals surface area contributed by atoms with E-state index < -0.39 is 39.8 Å². The molecule has 0 radical (unpaired) electrons. The highest BCUT2D eigenvalue weighted by molar-refractivity contribution is 7.90. The van der Waals surface area contributed by atoms with Crippen LogP contribution in [0.2, 0.25) is 0 Å². The molecule has 1 saturated heterocycles. The van der Waals surface area contributed by atoms with Crippen LogP contribution in [0, 0.1) is 0 Å². The average molecular weight is 471 g/mol. The van der Waals surface area contributed by atoms with Gasteiger partial charge < -0.3 is 9.64 Å². The Morgan fingerprint density at radius 1 is 1.16 bits per heavy atom. The van der Waals surface area contributed by atoms with Gasteiger partial charge in [-0.1, -0.05) is 0 Å². The van der Waals surface area contributed by atoms with Crippen molar-refractivity contribution in [2.75, 3.05) is 9.62 Å². The molecule has 4 rings (SSSR count). The number of benzene rings is 1. The van der Waals surface area contributed by atoms with E-state index in [9.17, 15) is 31.2 Å². The van der Waals surface area contributed by atoms with Crippen LogP contribution in [0.15, 0.2) is 42.7 Å². The van der Waals surface area contributed by atoms with Crippen molar-refractivity contribution in [3.8, 4) is 5.75 Å². The van der Waals surface area contributed by atoms with Crippen molar-refractivity contribution in [1.29, 1.82) is 0 Å². The summed E-state index contributed by atoms with van der Waals surface area (Å²) in [5, 5.41) is 5.02. The Bertz CT molecular complexity index is 1180. The minimum atomic E-state index is -4.87. The Morgan fingerprint density at radius 3 is 2.38 bits per heavy atom. The molecule has 1 aromatic carbocycles. The van der Waals surface area contributed by atoms with Crippen molar-refractivity contribution < 1.29 is 35.9 Å². The fourth-order valence-electron chi connectivity index (χ4n) is 3.54. The minimum Gasteiger partial charge on any atom is -0.406 e. The third kappa shape index (κ3) is 4.18. The van der Waals surface area contributed by atoms with E-state index in [1.54, 1.807) is 0 Å². The summed E-state index contributed by atoms with van der Waals surface area (Å²) in [7, 11) is -4.10. The number of nitrogens with two attached hydrogens (primary N) is 1. The van der Waals surface area contributed by atoms with Gasteiger partial charge in [-0.25, -0.2) is 14.8 Å². The van der Waals surface area contributed by atoms with Crippen LogP contribution in [-0.2, 0) is 21.5 Å². The number of aromatic nitrogens is 1. The van der Waals surface area contributed by atoms with Crippen molar-refractivity contribution in [3.63, 3.8) is 0 Å². The topological polar surface area (TPSA) is 135 Å². The van der Waals surface area contributed by atoms with Gasteiger partial charge in [-0.2, -0.15) is 8.42 Å². The quantitative estimate of drug-likeness (QED) is 0.620. The lowest BCUT2D eigenvalue weighted by Gasteiger charge is -2.22. The number of hydrogen-bond acceptors (Lipinski definition) is 6. The van der Waals surface area contributed by atoms with Crippen molar-refractivity contribution in [2.24, 2.45) is 5.14 Å². The van der Waals surface area contributed by atoms with Gasteiger partial charge in [0, 0.05) is 6.20 Å². The van der Waals surface area contributed by atoms with Crippen molar-refractivity contribution in [1.82, 2.24) is 9.88 Å². The number of hydrogen-bond donors (Lipinski definition) is 2. The van der Waals surface area contributed by atoms with Crippen LogP contribution < -0.4 is 19.5 Å². The minimum absolute atomic E-state index is 0.0538. The maximum atomic E-state index is 13.1. The number of amides is 3. The van der Waals surface area contributed by atoms with E-state index in [2.05, 4.69) is 14.4 Å². The highest BCUT2D eigenvalue weighted by Crippen LogP contribution is 2.50. The lowest BCUT2D eigenvalue weighted by atomic mass is 10.1. The number of pyridine rings is 1. The highest BCUT2D eigenvalue weighted by Gasteiger charge is 2.65. The lowest BCUT2D eigenvalue weighted by Crippen LogP contribution is -2.37. The van der Waals surface area contributed by atoms with Gasteiger partial charge in [0.25, 0.3) is 16.1 Å². The third-order valence-electron chi connectivity index (χ3n) is 5.08. The fraction of sp³-hybridized carbons (Fsp3) is 0.278. The summed E-state index contributed by atoms with van der Waals surface area (Å²) in [5.74, 6) is -1.00. The van der Waals surface area contributed by atoms with Crippen LogP contribution in [0.3, 0.4) is 0 Å². The molecule has 170 valence electrons. The Hall–Kier alpha value is -3.39. The number of halogens is 3. The Balaban J connectivity index is 1.61. The van der Waals surface area contributed by atoms with E-state index >= 15 is 0 Å². The Kier molecular flexibility index (Phi) is 5.01. The van der Waals surface area contributed by atoms with Crippen molar-refractivity contribution >= 4 is 33.5 Å². The maximum absolute atomic E-state index is 13.1. The molecule has 2 aromatic rings. The first-order chi connectivity index (χ1) is 14.9. The van der Waals surface area contributed by atoms with E-state index in [1.807, 2.05) is 0 Å².